The van der Waals surface area contributed by atoms with Gasteiger partial charge >= 0.3 is 12.6 Å². The molecule has 1 N–H and O–H groups in total. The second kappa shape index (κ2) is 4.56. The lowest BCUT2D eigenvalue weighted by molar-refractivity contribution is 0.0487. The van der Waals surface area contributed by atoms with E-state index in [1.54, 1.807) is 0 Å². The molecule has 2 heterocycles. The quantitative estimate of drug-likeness (QED) is 0.873. The molecular weight excluding hydrogens is 236 g/mol. The Labute approximate surface area is 95.4 Å². The van der Waals surface area contributed by atoms with Crippen LogP contribution in [0.4, 0.5) is 13.6 Å². The molecule has 1 unspecified atom stereocenters. The zero-order valence-corrected chi connectivity index (χ0v) is 8.79. The molecule has 0 aliphatic carbocycles. The molecule has 0 bridgehead atoms. The molecule has 94 valence electrons. The van der Waals surface area contributed by atoms with E-state index < -0.39 is 12.6 Å². The normalized spacial score (nSPS) is 19.2. The van der Waals surface area contributed by atoms with Crippen molar-refractivity contribution in [2.75, 3.05) is 13.2 Å². The molecule has 6 nitrogen and oxygen atoms in total. The van der Waals surface area contributed by atoms with Crippen LogP contribution in [0.2, 0.25) is 0 Å². The summed E-state index contributed by atoms with van der Waals surface area (Å²) in [5.74, 6) is 0.211. The maximum absolute atomic E-state index is 12.2. The van der Waals surface area contributed by atoms with Crippen LogP contribution in [0.15, 0.2) is 12.4 Å². The van der Waals surface area contributed by atoms with E-state index in [4.69, 9.17) is 9.84 Å². The van der Waals surface area contributed by atoms with Gasteiger partial charge in [0.15, 0.2) is 5.75 Å². The number of carbonyl (C=O) groups is 1. The number of ether oxygens (including phenoxy) is 1. The van der Waals surface area contributed by atoms with E-state index in [1.807, 2.05) is 0 Å². The molecular formula is C9H11F2N3O3. The van der Waals surface area contributed by atoms with Gasteiger partial charge in [-0.2, -0.15) is 13.9 Å². The van der Waals surface area contributed by atoms with Gasteiger partial charge in [0.1, 0.15) is 6.61 Å². The second-order valence-corrected chi connectivity index (χ2v) is 3.66. The number of alkyl halides is 2. The third kappa shape index (κ3) is 2.45. The number of likely N-dealkylation sites (tertiary alicyclic amines) is 1. The molecule has 8 heteroatoms. The third-order valence-electron chi connectivity index (χ3n) is 2.61. The first-order valence-electron chi connectivity index (χ1n) is 5.02. The van der Waals surface area contributed by atoms with Crippen molar-refractivity contribution >= 4 is 6.09 Å². The van der Waals surface area contributed by atoms with Crippen LogP contribution in [-0.4, -0.2) is 45.1 Å². The van der Waals surface area contributed by atoms with E-state index in [1.165, 1.54) is 11.1 Å². The highest BCUT2D eigenvalue weighted by Gasteiger charge is 2.32. The average Bonchev–Trinajstić information content (AvgIpc) is 2.63. The first-order chi connectivity index (χ1) is 8.08. The number of aromatic nitrogens is 2. The highest BCUT2D eigenvalue weighted by atomic mass is 19.3. The highest BCUT2D eigenvalue weighted by molar-refractivity contribution is 5.66. The van der Waals surface area contributed by atoms with Crippen molar-refractivity contribution in [2.24, 2.45) is 0 Å². The van der Waals surface area contributed by atoms with Gasteiger partial charge in [-0.25, -0.2) is 9.48 Å². The Kier molecular flexibility index (Phi) is 3.12. The standard InChI is InChI=1S/C9H11F2N3O3/c10-8(11)14-4-7(3-12-14)17-5-6-1-2-13(6)9(15)16/h3-4,6,8H,1-2,5H2,(H,15,16). The van der Waals surface area contributed by atoms with Crippen LogP contribution in [0.1, 0.15) is 13.0 Å². The molecule has 1 aliphatic heterocycles. The van der Waals surface area contributed by atoms with Crippen molar-refractivity contribution in [1.82, 2.24) is 14.7 Å². The van der Waals surface area contributed by atoms with E-state index in [9.17, 15) is 13.6 Å². The maximum Gasteiger partial charge on any atom is 0.407 e. The molecule has 0 aromatic carbocycles. The minimum absolute atomic E-state index is 0.154. The van der Waals surface area contributed by atoms with Crippen molar-refractivity contribution in [3.8, 4) is 5.75 Å². The summed E-state index contributed by atoms with van der Waals surface area (Å²) in [6, 6.07) is -0.206. The summed E-state index contributed by atoms with van der Waals surface area (Å²) in [4.78, 5) is 11.9. The van der Waals surface area contributed by atoms with Gasteiger partial charge in [-0.3, -0.25) is 0 Å². The zero-order valence-electron chi connectivity index (χ0n) is 8.79. The third-order valence-corrected chi connectivity index (χ3v) is 2.61. The van der Waals surface area contributed by atoms with Crippen molar-refractivity contribution in [2.45, 2.75) is 19.0 Å². The number of hydrogen-bond acceptors (Lipinski definition) is 3. The fraction of sp³-hybridized carbons (Fsp3) is 0.556. The number of amides is 1. The molecule has 1 aliphatic rings. The molecule has 1 saturated heterocycles. The first-order valence-corrected chi connectivity index (χ1v) is 5.02. The summed E-state index contributed by atoms with van der Waals surface area (Å²) in [6.45, 7) is -2.06. The molecule has 1 atom stereocenters. The van der Waals surface area contributed by atoms with Crippen LogP contribution >= 0.6 is 0 Å². The van der Waals surface area contributed by atoms with Crippen molar-refractivity contribution in [1.29, 1.82) is 0 Å². The minimum Gasteiger partial charge on any atom is -0.488 e. The van der Waals surface area contributed by atoms with Gasteiger partial charge in [-0.05, 0) is 6.42 Å². The van der Waals surface area contributed by atoms with Gasteiger partial charge in [0.2, 0.25) is 0 Å². The van der Waals surface area contributed by atoms with Crippen LogP contribution in [0.25, 0.3) is 0 Å². The van der Waals surface area contributed by atoms with Gasteiger partial charge in [0.05, 0.1) is 18.4 Å². The zero-order chi connectivity index (χ0) is 12.4. The molecule has 1 aromatic rings. The lowest BCUT2D eigenvalue weighted by Gasteiger charge is -2.38. The predicted octanol–water partition coefficient (Wildman–Crippen LogP) is 1.41. The lowest BCUT2D eigenvalue weighted by Crippen LogP contribution is -2.53. The second-order valence-electron chi connectivity index (χ2n) is 3.66. The van der Waals surface area contributed by atoms with Gasteiger partial charge in [0.25, 0.3) is 0 Å². The summed E-state index contributed by atoms with van der Waals surface area (Å²) in [5, 5.41) is 12.1. The van der Waals surface area contributed by atoms with Gasteiger partial charge < -0.3 is 14.7 Å². The molecule has 1 amide bonds. The molecule has 17 heavy (non-hydrogen) atoms. The largest absolute Gasteiger partial charge is 0.488 e. The summed E-state index contributed by atoms with van der Waals surface area (Å²) >= 11 is 0. The van der Waals surface area contributed by atoms with Crippen LogP contribution in [0.5, 0.6) is 5.75 Å². The number of rotatable bonds is 4. The Morgan fingerprint density at radius 3 is 2.94 bits per heavy atom. The smallest absolute Gasteiger partial charge is 0.407 e. The lowest BCUT2D eigenvalue weighted by atomic mass is 10.1. The Bertz CT molecular complexity index is 410. The van der Waals surface area contributed by atoms with E-state index in [0.29, 0.717) is 11.2 Å². The fourth-order valence-corrected chi connectivity index (χ4v) is 1.56. The van der Waals surface area contributed by atoms with Crippen LogP contribution in [0.3, 0.4) is 0 Å². The summed E-state index contributed by atoms with van der Waals surface area (Å²) in [5.41, 5.74) is 0. The van der Waals surface area contributed by atoms with Crippen molar-refractivity contribution < 1.29 is 23.4 Å². The number of hydrogen-bond donors (Lipinski definition) is 1. The van der Waals surface area contributed by atoms with Gasteiger partial charge in [-0.15, -0.1) is 0 Å². The number of halogens is 2. The topological polar surface area (TPSA) is 67.6 Å². The Morgan fingerprint density at radius 1 is 1.71 bits per heavy atom. The Hall–Kier alpha value is -1.86. The Morgan fingerprint density at radius 2 is 2.47 bits per heavy atom. The predicted molar refractivity (Wildman–Crippen MR) is 52.1 cm³/mol. The highest BCUT2D eigenvalue weighted by Crippen LogP contribution is 2.20. The molecule has 1 fully saturated rings. The molecule has 1 aromatic heterocycles. The van der Waals surface area contributed by atoms with Crippen molar-refractivity contribution in [3.63, 3.8) is 0 Å². The maximum atomic E-state index is 12.2. The molecule has 0 radical (unpaired) electrons. The minimum atomic E-state index is -2.70. The van der Waals surface area contributed by atoms with E-state index in [0.717, 1.165) is 12.6 Å². The molecule has 0 spiro atoms. The average molecular weight is 247 g/mol. The first kappa shape index (κ1) is 11.6. The summed E-state index contributed by atoms with van der Waals surface area (Å²) in [7, 11) is 0. The van der Waals surface area contributed by atoms with E-state index in [2.05, 4.69) is 5.10 Å². The fourth-order valence-electron chi connectivity index (χ4n) is 1.56. The summed E-state index contributed by atoms with van der Waals surface area (Å²) in [6.07, 6.45) is 1.98. The van der Waals surface area contributed by atoms with Crippen LogP contribution in [0, 0.1) is 0 Å². The van der Waals surface area contributed by atoms with E-state index >= 15 is 0 Å². The SMILES string of the molecule is O=C(O)N1CCC1COc1cnn(C(F)F)c1. The van der Waals surface area contributed by atoms with E-state index in [-0.39, 0.29) is 18.4 Å². The van der Waals surface area contributed by atoms with Gasteiger partial charge in [0, 0.05) is 6.54 Å². The van der Waals surface area contributed by atoms with Crippen LogP contribution in [-0.2, 0) is 0 Å². The monoisotopic (exact) mass is 247 g/mol. The molecule has 2 rings (SSSR count). The number of nitrogens with zero attached hydrogens (tertiary/aromatic N) is 3. The number of carboxylic acid groups (broad SMARTS) is 1. The molecule has 0 saturated carbocycles. The van der Waals surface area contributed by atoms with Crippen molar-refractivity contribution in [3.05, 3.63) is 12.4 Å². The van der Waals surface area contributed by atoms with Crippen LogP contribution < -0.4 is 4.74 Å². The Balaban J connectivity index is 1.83. The summed E-state index contributed by atoms with van der Waals surface area (Å²) < 4.78 is 30.0. The van der Waals surface area contributed by atoms with Gasteiger partial charge in [-0.1, -0.05) is 0 Å².